The molecule has 1 aromatic heterocycles. The zero-order chi connectivity index (χ0) is 20.6. The van der Waals surface area contributed by atoms with Gasteiger partial charge in [0.25, 0.3) is 5.91 Å². The fourth-order valence-corrected chi connectivity index (χ4v) is 2.97. The van der Waals surface area contributed by atoms with Crippen molar-refractivity contribution >= 4 is 23.6 Å². The van der Waals surface area contributed by atoms with Gasteiger partial charge in [-0.05, 0) is 32.0 Å². The van der Waals surface area contributed by atoms with E-state index in [0.717, 1.165) is 0 Å². The molecule has 0 bridgehead atoms. The molecule has 0 radical (unpaired) electrons. The summed E-state index contributed by atoms with van der Waals surface area (Å²) in [7, 11) is 0. The molecule has 29 heavy (non-hydrogen) atoms. The zero-order valence-electron chi connectivity index (χ0n) is 16.6. The fraction of sp³-hybridized carbons (Fsp3) is 0.400. The van der Waals surface area contributed by atoms with Crippen LogP contribution in [0.4, 0.5) is 16.4 Å². The lowest BCUT2D eigenvalue weighted by atomic mass is 10.2. The van der Waals surface area contributed by atoms with Crippen molar-refractivity contribution in [2.45, 2.75) is 13.8 Å². The number of anilines is 2. The average molecular weight is 399 g/mol. The van der Waals surface area contributed by atoms with Crippen LogP contribution in [-0.4, -0.2) is 66.3 Å². The van der Waals surface area contributed by atoms with Gasteiger partial charge in [0.05, 0.1) is 18.9 Å². The highest BCUT2D eigenvalue weighted by Gasteiger charge is 2.24. The van der Waals surface area contributed by atoms with E-state index in [4.69, 9.17) is 9.47 Å². The number of carbonyl (C=O) groups is 2. The molecule has 154 valence electrons. The summed E-state index contributed by atoms with van der Waals surface area (Å²) in [6.45, 7) is 6.69. The van der Waals surface area contributed by atoms with Crippen molar-refractivity contribution in [3.05, 3.63) is 42.2 Å². The summed E-state index contributed by atoms with van der Waals surface area (Å²) in [5.41, 5.74) is 0.844. The van der Waals surface area contributed by atoms with E-state index in [-0.39, 0.29) is 17.7 Å². The molecule has 2 aromatic rings. The lowest BCUT2D eigenvalue weighted by Crippen LogP contribution is -2.49. The highest BCUT2D eigenvalue weighted by molar-refractivity contribution is 6.03. The van der Waals surface area contributed by atoms with Gasteiger partial charge >= 0.3 is 6.09 Å². The molecule has 9 heteroatoms. The summed E-state index contributed by atoms with van der Waals surface area (Å²) < 4.78 is 10.6. The molecule has 3 rings (SSSR count). The zero-order valence-corrected chi connectivity index (χ0v) is 16.6. The van der Waals surface area contributed by atoms with Crippen molar-refractivity contribution in [3.63, 3.8) is 0 Å². The van der Waals surface area contributed by atoms with Crippen LogP contribution in [0.2, 0.25) is 0 Å². The number of piperazine rings is 1. The number of nitrogens with zero attached hydrogens (tertiary/aromatic N) is 4. The SMILES string of the molecule is CCOC(=O)N1CCN(c2nccc(C(=O)Nc3ccccc3OCC)n2)CC1. The smallest absolute Gasteiger partial charge is 0.409 e. The van der Waals surface area contributed by atoms with Crippen molar-refractivity contribution in [2.75, 3.05) is 49.6 Å². The molecule has 9 nitrogen and oxygen atoms in total. The highest BCUT2D eigenvalue weighted by Crippen LogP contribution is 2.24. The maximum atomic E-state index is 12.7. The van der Waals surface area contributed by atoms with E-state index in [1.165, 1.54) is 0 Å². The predicted octanol–water partition coefficient (Wildman–Crippen LogP) is 2.41. The van der Waals surface area contributed by atoms with E-state index in [0.29, 0.717) is 56.8 Å². The Balaban J connectivity index is 1.66. The second kappa shape index (κ2) is 9.72. The number of hydrogen-bond donors (Lipinski definition) is 1. The third-order valence-electron chi connectivity index (χ3n) is 4.40. The number of benzene rings is 1. The first kappa shape index (κ1) is 20.4. The van der Waals surface area contributed by atoms with Gasteiger partial charge in [-0.25, -0.2) is 14.8 Å². The van der Waals surface area contributed by atoms with Crippen LogP contribution >= 0.6 is 0 Å². The quantitative estimate of drug-likeness (QED) is 0.797. The summed E-state index contributed by atoms with van der Waals surface area (Å²) >= 11 is 0. The van der Waals surface area contributed by atoms with Gasteiger partial charge in [-0.2, -0.15) is 0 Å². The van der Waals surface area contributed by atoms with Gasteiger partial charge in [-0.15, -0.1) is 0 Å². The maximum Gasteiger partial charge on any atom is 0.409 e. The summed E-state index contributed by atoms with van der Waals surface area (Å²) in [5, 5.41) is 2.84. The van der Waals surface area contributed by atoms with Gasteiger partial charge in [0.15, 0.2) is 0 Å². The normalized spacial score (nSPS) is 13.7. The van der Waals surface area contributed by atoms with Crippen molar-refractivity contribution in [3.8, 4) is 5.75 Å². The van der Waals surface area contributed by atoms with Crippen LogP contribution in [0.5, 0.6) is 5.75 Å². The van der Waals surface area contributed by atoms with Crippen molar-refractivity contribution in [1.82, 2.24) is 14.9 Å². The Morgan fingerprint density at radius 1 is 1.07 bits per heavy atom. The van der Waals surface area contributed by atoms with Crippen LogP contribution in [-0.2, 0) is 4.74 Å². The van der Waals surface area contributed by atoms with Gasteiger partial charge in [-0.1, -0.05) is 12.1 Å². The standard InChI is InChI=1S/C20H25N5O4/c1-3-28-17-8-6-5-7-15(17)22-18(26)16-9-10-21-19(23-16)24-11-13-25(14-12-24)20(27)29-4-2/h5-10H,3-4,11-14H2,1-2H3,(H,22,26). The molecular weight excluding hydrogens is 374 g/mol. The minimum atomic E-state index is -0.342. The predicted molar refractivity (Wildman–Crippen MR) is 108 cm³/mol. The molecule has 2 amide bonds. The van der Waals surface area contributed by atoms with Crippen molar-refractivity contribution in [1.29, 1.82) is 0 Å². The van der Waals surface area contributed by atoms with Gasteiger partial charge < -0.3 is 24.6 Å². The third kappa shape index (κ3) is 5.13. The average Bonchev–Trinajstić information content (AvgIpc) is 2.75. The van der Waals surface area contributed by atoms with E-state index in [9.17, 15) is 9.59 Å². The molecule has 1 aromatic carbocycles. The van der Waals surface area contributed by atoms with E-state index in [1.54, 1.807) is 36.2 Å². The Bertz CT molecular complexity index is 852. The molecule has 1 aliphatic heterocycles. The molecule has 0 aliphatic carbocycles. The van der Waals surface area contributed by atoms with Crippen molar-refractivity contribution < 1.29 is 19.1 Å². The van der Waals surface area contributed by atoms with Crippen LogP contribution in [0.3, 0.4) is 0 Å². The molecule has 0 spiro atoms. The first-order valence-electron chi connectivity index (χ1n) is 9.65. The van der Waals surface area contributed by atoms with Crippen LogP contribution in [0, 0.1) is 0 Å². The lowest BCUT2D eigenvalue weighted by molar-refractivity contribution is 0.102. The lowest BCUT2D eigenvalue weighted by Gasteiger charge is -2.34. The molecule has 2 heterocycles. The van der Waals surface area contributed by atoms with E-state index >= 15 is 0 Å². The number of ether oxygens (including phenoxy) is 2. The van der Waals surface area contributed by atoms with Crippen LogP contribution in [0.25, 0.3) is 0 Å². The Kier molecular flexibility index (Phi) is 6.83. The molecular formula is C20H25N5O4. The van der Waals surface area contributed by atoms with Crippen LogP contribution < -0.4 is 15.0 Å². The molecule has 1 saturated heterocycles. The molecule has 1 N–H and O–H groups in total. The molecule has 0 atom stereocenters. The molecule has 1 fully saturated rings. The Labute approximate surface area is 169 Å². The number of para-hydroxylation sites is 2. The molecule has 0 unspecified atom stereocenters. The van der Waals surface area contributed by atoms with Gasteiger partial charge in [0.1, 0.15) is 11.4 Å². The minimum Gasteiger partial charge on any atom is -0.492 e. The largest absolute Gasteiger partial charge is 0.492 e. The second-order valence-electron chi connectivity index (χ2n) is 6.30. The Morgan fingerprint density at radius 2 is 1.83 bits per heavy atom. The first-order chi connectivity index (χ1) is 14.1. The molecule has 0 saturated carbocycles. The number of carbonyl (C=O) groups excluding carboxylic acids is 2. The van der Waals surface area contributed by atoms with Gasteiger partial charge in [-0.3, -0.25) is 4.79 Å². The monoisotopic (exact) mass is 399 g/mol. The van der Waals surface area contributed by atoms with Crippen LogP contribution in [0.15, 0.2) is 36.5 Å². The third-order valence-corrected chi connectivity index (χ3v) is 4.40. The number of nitrogens with one attached hydrogen (secondary N) is 1. The number of aromatic nitrogens is 2. The van der Waals surface area contributed by atoms with Crippen LogP contribution in [0.1, 0.15) is 24.3 Å². The Hall–Kier alpha value is -3.36. The first-order valence-corrected chi connectivity index (χ1v) is 9.65. The van der Waals surface area contributed by atoms with Gasteiger partial charge in [0.2, 0.25) is 5.95 Å². The summed E-state index contributed by atoms with van der Waals surface area (Å²) in [4.78, 5) is 36.8. The van der Waals surface area contributed by atoms with Gasteiger partial charge in [0, 0.05) is 32.4 Å². The summed E-state index contributed by atoms with van der Waals surface area (Å²) in [6, 6.07) is 8.82. The van der Waals surface area contributed by atoms with E-state index < -0.39 is 0 Å². The molecule has 1 aliphatic rings. The number of rotatable bonds is 6. The van der Waals surface area contributed by atoms with E-state index in [2.05, 4.69) is 15.3 Å². The topological polar surface area (TPSA) is 96.9 Å². The van der Waals surface area contributed by atoms with E-state index in [1.807, 2.05) is 24.0 Å². The number of hydrogen-bond acceptors (Lipinski definition) is 7. The minimum absolute atomic E-state index is 0.258. The Morgan fingerprint density at radius 3 is 2.55 bits per heavy atom. The summed E-state index contributed by atoms with van der Waals surface area (Å²) in [6.07, 6.45) is 1.25. The number of amides is 2. The highest BCUT2D eigenvalue weighted by atomic mass is 16.6. The fourth-order valence-electron chi connectivity index (χ4n) is 2.97. The second-order valence-corrected chi connectivity index (χ2v) is 6.30. The van der Waals surface area contributed by atoms with Crippen molar-refractivity contribution in [2.24, 2.45) is 0 Å². The summed E-state index contributed by atoms with van der Waals surface area (Å²) in [5.74, 6) is 0.720. The maximum absolute atomic E-state index is 12.7.